The van der Waals surface area contributed by atoms with Gasteiger partial charge in [-0.2, -0.15) is 0 Å². The van der Waals surface area contributed by atoms with Crippen LogP contribution in [0.2, 0.25) is 0 Å². The molecule has 6 nitrogen and oxygen atoms in total. The van der Waals surface area contributed by atoms with Gasteiger partial charge in [0, 0.05) is 0 Å². The molecule has 3 heterocycles. The van der Waals surface area contributed by atoms with Crippen molar-refractivity contribution < 1.29 is 23.8 Å². The summed E-state index contributed by atoms with van der Waals surface area (Å²) in [6.45, 7) is 5.66. The lowest BCUT2D eigenvalue weighted by Crippen LogP contribution is -2.63. The van der Waals surface area contributed by atoms with Crippen molar-refractivity contribution in [2.24, 2.45) is 5.92 Å². The van der Waals surface area contributed by atoms with E-state index in [0.29, 0.717) is 6.42 Å². The van der Waals surface area contributed by atoms with Crippen LogP contribution in [0.3, 0.4) is 0 Å². The van der Waals surface area contributed by atoms with E-state index < -0.39 is 23.3 Å². The number of carbonyl (C=O) groups excluding carboxylic acids is 2. The molecule has 106 valence electrons. The van der Waals surface area contributed by atoms with Crippen LogP contribution in [0.25, 0.3) is 0 Å². The third-order valence-corrected chi connectivity index (χ3v) is 4.87. The predicted molar refractivity (Wildman–Crippen MR) is 64.1 cm³/mol. The van der Waals surface area contributed by atoms with E-state index >= 15 is 0 Å². The van der Waals surface area contributed by atoms with E-state index in [-0.39, 0.29) is 24.5 Å². The summed E-state index contributed by atoms with van der Waals surface area (Å²) in [7, 11) is 1.33. The summed E-state index contributed by atoms with van der Waals surface area (Å²) in [6, 6.07) is 0. The van der Waals surface area contributed by atoms with Gasteiger partial charge in [0.25, 0.3) is 0 Å². The molecule has 0 radical (unpaired) electrons. The van der Waals surface area contributed by atoms with Crippen LogP contribution in [0.1, 0.15) is 27.2 Å². The van der Waals surface area contributed by atoms with Crippen LogP contribution in [0.15, 0.2) is 0 Å². The first-order chi connectivity index (χ1) is 8.88. The van der Waals surface area contributed by atoms with Crippen LogP contribution >= 0.6 is 0 Å². The van der Waals surface area contributed by atoms with Crippen LogP contribution in [-0.4, -0.2) is 54.0 Å². The molecule has 3 aliphatic heterocycles. The van der Waals surface area contributed by atoms with E-state index in [1.54, 1.807) is 6.92 Å². The minimum absolute atomic E-state index is 0.0430. The zero-order valence-electron chi connectivity index (χ0n) is 11.6. The second kappa shape index (κ2) is 3.70. The SMILES string of the molecule is COC(=O)[C@]12CO[C@H](C)N1C(=O)[C@@H]1CC(C)O[C@@]12C. The average molecular weight is 269 g/mol. The van der Waals surface area contributed by atoms with Crippen LogP contribution < -0.4 is 0 Å². The summed E-state index contributed by atoms with van der Waals surface area (Å²) in [5.41, 5.74) is -2.02. The Balaban J connectivity index is 2.16. The number of ether oxygens (including phenoxy) is 3. The van der Waals surface area contributed by atoms with Gasteiger partial charge in [-0.15, -0.1) is 0 Å². The number of carbonyl (C=O) groups is 2. The molecule has 0 aromatic rings. The highest BCUT2D eigenvalue weighted by atomic mass is 16.6. The quantitative estimate of drug-likeness (QED) is 0.641. The van der Waals surface area contributed by atoms with Gasteiger partial charge in [-0.05, 0) is 27.2 Å². The molecule has 3 rings (SSSR count). The van der Waals surface area contributed by atoms with E-state index in [1.165, 1.54) is 12.0 Å². The van der Waals surface area contributed by atoms with E-state index in [0.717, 1.165) is 0 Å². The Hall–Kier alpha value is -1.14. The summed E-state index contributed by atoms with van der Waals surface area (Å²) >= 11 is 0. The Morgan fingerprint density at radius 1 is 1.47 bits per heavy atom. The highest BCUT2D eigenvalue weighted by Crippen LogP contribution is 2.56. The second-order valence-corrected chi connectivity index (χ2v) is 5.79. The van der Waals surface area contributed by atoms with E-state index in [4.69, 9.17) is 14.2 Å². The highest BCUT2D eigenvalue weighted by Gasteiger charge is 2.77. The van der Waals surface area contributed by atoms with Crippen LogP contribution in [-0.2, 0) is 23.8 Å². The molecule has 6 heteroatoms. The average Bonchev–Trinajstić information content (AvgIpc) is 2.91. The van der Waals surface area contributed by atoms with Gasteiger partial charge in [0.15, 0.2) is 5.54 Å². The predicted octanol–water partition coefficient (Wildman–Crippen LogP) is 0.300. The van der Waals surface area contributed by atoms with Crippen LogP contribution in [0, 0.1) is 5.92 Å². The number of rotatable bonds is 1. The van der Waals surface area contributed by atoms with E-state index in [1.807, 2.05) is 13.8 Å². The third-order valence-electron chi connectivity index (χ3n) is 4.87. The fourth-order valence-electron chi connectivity index (χ4n) is 3.97. The lowest BCUT2D eigenvalue weighted by atomic mass is 9.77. The number of fused-ring (bicyclic) bond motifs is 3. The van der Waals surface area contributed by atoms with Crippen molar-refractivity contribution in [3.05, 3.63) is 0 Å². The molecule has 3 fully saturated rings. The Kier molecular flexibility index (Phi) is 2.51. The summed E-state index contributed by atoms with van der Waals surface area (Å²) in [4.78, 5) is 26.5. The molecule has 0 saturated carbocycles. The fourth-order valence-corrected chi connectivity index (χ4v) is 3.97. The Bertz CT molecular complexity index is 452. The number of nitrogens with zero attached hydrogens (tertiary/aromatic N) is 1. The van der Waals surface area contributed by atoms with Crippen LogP contribution in [0.5, 0.6) is 0 Å². The molecule has 0 bridgehead atoms. The molecule has 1 unspecified atom stereocenters. The number of hydrogen-bond donors (Lipinski definition) is 0. The minimum atomic E-state index is -1.15. The smallest absolute Gasteiger partial charge is 0.337 e. The van der Waals surface area contributed by atoms with Gasteiger partial charge in [-0.1, -0.05) is 0 Å². The first-order valence-corrected chi connectivity index (χ1v) is 6.59. The molecule has 3 saturated heterocycles. The molecule has 1 amide bonds. The molecule has 19 heavy (non-hydrogen) atoms. The third kappa shape index (κ3) is 1.24. The summed E-state index contributed by atoms with van der Waals surface area (Å²) in [5, 5.41) is 0. The molecule has 0 N–H and O–H groups in total. The molecular formula is C13H19NO5. The topological polar surface area (TPSA) is 65.1 Å². The van der Waals surface area contributed by atoms with E-state index in [2.05, 4.69) is 0 Å². The van der Waals surface area contributed by atoms with Gasteiger partial charge in [0.2, 0.25) is 5.91 Å². The van der Waals surface area contributed by atoms with Crippen molar-refractivity contribution in [3.8, 4) is 0 Å². The first-order valence-electron chi connectivity index (χ1n) is 6.59. The maximum absolute atomic E-state index is 12.6. The standard InChI is InChI=1S/C13H19NO5/c1-7-5-9-10(15)14-8(2)18-6-13(14,11(16)17-4)12(9,3)19-7/h7-9H,5-6H2,1-4H3/t7?,8-,9+,12+,13+/m1/s1. The highest BCUT2D eigenvalue weighted by molar-refractivity contribution is 5.97. The van der Waals surface area contributed by atoms with Crippen molar-refractivity contribution in [3.63, 3.8) is 0 Å². The molecule has 0 spiro atoms. The van der Waals surface area contributed by atoms with Gasteiger partial charge in [-0.3, -0.25) is 9.69 Å². The van der Waals surface area contributed by atoms with Gasteiger partial charge in [0.05, 0.1) is 25.7 Å². The van der Waals surface area contributed by atoms with Gasteiger partial charge >= 0.3 is 5.97 Å². The maximum Gasteiger partial charge on any atom is 0.337 e. The molecule has 0 aromatic carbocycles. The zero-order valence-corrected chi connectivity index (χ0v) is 11.6. The lowest BCUT2D eigenvalue weighted by Gasteiger charge is -2.39. The second-order valence-electron chi connectivity index (χ2n) is 5.79. The number of hydrogen-bond acceptors (Lipinski definition) is 5. The lowest BCUT2D eigenvalue weighted by molar-refractivity contribution is -0.171. The van der Waals surface area contributed by atoms with Crippen molar-refractivity contribution in [2.45, 2.75) is 50.7 Å². The van der Waals surface area contributed by atoms with Gasteiger partial charge in [0.1, 0.15) is 11.8 Å². The zero-order chi connectivity index (χ0) is 14.0. The molecule has 0 aliphatic carbocycles. The Morgan fingerprint density at radius 3 is 2.79 bits per heavy atom. The molecule has 0 aromatic heterocycles. The summed E-state index contributed by atoms with van der Waals surface area (Å²) < 4.78 is 16.5. The minimum Gasteiger partial charge on any atom is -0.467 e. The Morgan fingerprint density at radius 2 is 2.16 bits per heavy atom. The number of methoxy groups -OCH3 is 1. The van der Waals surface area contributed by atoms with Gasteiger partial charge in [-0.25, -0.2) is 4.79 Å². The number of esters is 1. The van der Waals surface area contributed by atoms with Gasteiger partial charge < -0.3 is 14.2 Å². The fraction of sp³-hybridized carbons (Fsp3) is 0.846. The van der Waals surface area contributed by atoms with Crippen molar-refractivity contribution in [1.29, 1.82) is 0 Å². The molecule has 3 aliphatic rings. The van der Waals surface area contributed by atoms with Crippen molar-refractivity contribution >= 4 is 11.9 Å². The van der Waals surface area contributed by atoms with E-state index in [9.17, 15) is 9.59 Å². The summed E-state index contributed by atoms with van der Waals surface area (Å²) in [6.07, 6.45) is 0.170. The molecule has 5 atom stereocenters. The summed E-state index contributed by atoms with van der Waals surface area (Å²) in [5.74, 6) is -0.820. The monoisotopic (exact) mass is 269 g/mol. The van der Waals surface area contributed by atoms with Crippen molar-refractivity contribution in [1.82, 2.24) is 4.90 Å². The normalized spacial score (nSPS) is 48.3. The largest absolute Gasteiger partial charge is 0.467 e. The first kappa shape index (κ1) is 12.9. The molecular weight excluding hydrogens is 250 g/mol. The maximum atomic E-state index is 12.6. The number of amides is 1. The van der Waals surface area contributed by atoms with Crippen LogP contribution in [0.4, 0.5) is 0 Å². The van der Waals surface area contributed by atoms with Crippen molar-refractivity contribution in [2.75, 3.05) is 13.7 Å². The Labute approximate surface area is 112 Å².